The van der Waals surface area contributed by atoms with E-state index in [9.17, 15) is 8.78 Å². The van der Waals surface area contributed by atoms with Crippen molar-refractivity contribution in [2.75, 3.05) is 0 Å². The van der Waals surface area contributed by atoms with E-state index in [1.54, 1.807) is 0 Å². The molecule has 3 N–H and O–H groups in total. The van der Waals surface area contributed by atoms with E-state index in [0.717, 1.165) is 6.07 Å². The second-order valence-corrected chi connectivity index (χ2v) is 2.89. The summed E-state index contributed by atoms with van der Waals surface area (Å²) in [6.07, 6.45) is 0. The number of nitrogens with zero attached hydrogens (tertiary/aromatic N) is 1. The van der Waals surface area contributed by atoms with Gasteiger partial charge in [-0.2, -0.15) is 9.65 Å². The van der Waals surface area contributed by atoms with Crippen LogP contribution in [0.5, 0.6) is 5.75 Å². The quantitative estimate of drug-likeness (QED) is 0.719. The van der Waals surface area contributed by atoms with Crippen molar-refractivity contribution in [1.29, 1.82) is 5.26 Å². The van der Waals surface area contributed by atoms with Gasteiger partial charge < -0.3 is 10.8 Å². The zero-order valence-electron chi connectivity index (χ0n) is 7.38. The molecule has 0 saturated carbocycles. The Morgan fingerprint density at radius 2 is 2.07 bits per heavy atom. The SMILES string of the molecule is C[C@H](N)c1cc(C#N)c(F)c(F)c1O. The molecule has 0 saturated heterocycles. The first kappa shape index (κ1) is 10.4. The monoisotopic (exact) mass is 198 g/mol. The van der Waals surface area contributed by atoms with Crippen molar-refractivity contribution < 1.29 is 13.9 Å². The molecule has 3 nitrogen and oxygen atoms in total. The van der Waals surface area contributed by atoms with Crippen LogP contribution in [0.4, 0.5) is 8.78 Å². The second kappa shape index (κ2) is 3.60. The Labute approximate surface area is 79.4 Å². The normalized spacial score (nSPS) is 12.2. The van der Waals surface area contributed by atoms with E-state index in [1.165, 1.54) is 13.0 Å². The van der Waals surface area contributed by atoms with Crippen molar-refractivity contribution in [1.82, 2.24) is 0 Å². The van der Waals surface area contributed by atoms with E-state index in [4.69, 9.17) is 16.1 Å². The molecule has 1 aromatic carbocycles. The minimum absolute atomic E-state index is 0.0143. The van der Waals surface area contributed by atoms with Crippen LogP contribution in [0.2, 0.25) is 0 Å². The fourth-order valence-corrected chi connectivity index (χ4v) is 1.06. The summed E-state index contributed by atoms with van der Waals surface area (Å²) in [5.74, 6) is -3.62. The molecule has 1 atom stereocenters. The van der Waals surface area contributed by atoms with Crippen LogP contribution in [0.15, 0.2) is 6.07 Å². The summed E-state index contributed by atoms with van der Waals surface area (Å²) in [6.45, 7) is 1.49. The molecule has 0 aliphatic carbocycles. The highest BCUT2D eigenvalue weighted by molar-refractivity contribution is 5.44. The fourth-order valence-electron chi connectivity index (χ4n) is 1.06. The first-order chi connectivity index (χ1) is 6.49. The Hall–Kier alpha value is -1.67. The van der Waals surface area contributed by atoms with Gasteiger partial charge in [0.2, 0.25) is 5.82 Å². The largest absolute Gasteiger partial charge is 0.505 e. The number of aromatic hydroxyl groups is 1. The number of nitriles is 1. The maximum Gasteiger partial charge on any atom is 0.202 e. The zero-order chi connectivity index (χ0) is 10.9. The van der Waals surface area contributed by atoms with Gasteiger partial charge in [0.05, 0.1) is 5.56 Å². The lowest BCUT2D eigenvalue weighted by Gasteiger charge is -2.10. The molecular weight excluding hydrogens is 190 g/mol. The van der Waals surface area contributed by atoms with Gasteiger partial charge >= 0.3 is 0 Å². The van der Waals surface area contributed by atoms with E-state index >= 15 is 0 Å². The van der Waals surface area contributed by atoms with Crippen molar-refractivity contribution in [3.8, 4) is 11.8 Å². The predicted octanol–water partition coefficient (Wildman–Crippen LogP) is 1.56. The maximum absolute atomic E-state index is 13.0. The summed E-state index contributed by atoms with van der Waals surface area (Å²) in [7, 11) is 0. The van der Waals surface area contributed by atoms with Gasteiger partial charge in [-0.25, -0.2) is 4.39 Å². The molecule has 0 fully saturated rings. The third-order valence-corrected chi connectivity index (χ3v) is 1.82. The summed E-state index contributed by atoms with van der Waals surface area (Å²) in [4.78, 5) is 0. The van der Waals surface area contributed by atoms with E-state index in [2.05, 4.69) is 0 Å². The van der Waals surface area contributed by atoms with Crippen LogP contribution < -0.4 is 5.73 Å². The molecule has 5 heteroatoms. The molecule has 0 aromatic heterocycles. The van der Waals surface area contributed by atoms with Gasteiger partial charge in [0.1, 0.15) is 6.07 Å². The summed E-state index contributed by atoms with van der Waals surface area (Å²) in [5, 5.41) is 17.6. The van der Waals surface area contributed by atoms with Crippen molar-refractivity contribution >= 4 is 0 Å². The molecule has 0 aliphatic rings. The molecule has 0 amide bonds. The van der Waals surface area contributed by atoms with Crippen molar-refractivity contribution in [2.24, 2.45) is 5.73 Å². The third-order valence-electron chi connectivity index (χ3n) is 1.82. The summed E-state index contributed by atoms with van der Waals surface area (Å²) >= 11 is 0. The van der Waals surface area contributed by atoms with E-state index in [0.29, 0.717) is 0 Å². The van der Waals surface area contributed by atoms with Crippen molar-refractivity contribution in [3.63, 3.8) is 0 Å². The number of halogens is 2. The van der Waals surface area contributed by atoms with Crippen LogP contribution in [0.25, 0.3) is 0 Å². The number of benzene rings is 1. The topological polar surface area (TPSA) is 70.0 Å². The molecular formula is C9H8F2N2O. The molecule has 74 valence electrons. The van der Waals surface area contributed by atoms with E-state index in [1.807, 2.05) is 0 Å². The third kappa shape index (κ3) is 1.52. The number of rotatable bonds is 1. The highest BCUT2D eigenvalue weighted by Crippen LogP contribution is 2.29. The standard InChI is InChI=1S/C9H8F2N2O/c1-4(13)6-2-5(3-12)7(10)8(11)9(6)14/h2,4,14H,13H2,1H3/t4-/m0/s1. The lowest BCUT2D eigenvalue weighted by molar-refractivity contribution is 0.397. The molecule has 0 aliphatic heterocycles. The minimum atomic E-state index is -1.43. The molecule has 0 bridgehead atoms. The minimum Gasteiger partial charge on any atom is -0.505 e. The van der Waals surface area contributed by atoms with Crippen LogP contribution in [0.1, 0.15) is 24.1 Å². The first-order valence-electron chi connectivity index (χ1n) is 3.85. The summed E-state index contributed by atoms with van der Waals surface area (Å²) in [5.41, 5.74) is 4.95. The molecule has 1 aromatic rings. The second-order valence-electron chi connectivity index (χ2n) is 2.89. The highest BCUT2D eigenvalue weighted by Gasteiger charge is 2.19. The number of hydrogen-bond acceptors (Lipinski definition) is 3. The van der Waals surface area contributed by atoms with Gasteiger partial charge in [-0.3, -0.25) is 0 Å². The van der Waals surface area contributed by atoms with E-state index < -0.39 is 29.0 Å². The maximum atomic E-state index is 13.0. The molecule has 1 rings (SSSR count). The van der Waals surface area contributed by atoms with Crippen molar-refractivity contribution in [3.05, 3.63) is 28.8 Å². The van der Waals surface area contributed by atoms with Gasteiger partial charge in [-0.05, 0) is 13.0 Å². The van der Waals surface area contributed by atoms with E-state index in [-0.39, 0.29) is 5.56 Å². The lowest BCUT2D eigenvalue weighted by atomic mass is 10.0. The van der Waals surface area contributed by atoms with Gasteiger partial charge in [0, 0.05) is 11.6 Å². The van der Waals surface area contributed by atoms with Crippen LogP contribution in [0, 0.1) is 23.0 Å². The van der Waals surface area contributed by atoms with Crippen LogP contribution >= 0.6 is 0 Å². The predicted molar refractivity (Wildman–Crippen MR) is 45.3 cm³/mol. The molecule has 0 radical (unpaired) electrons. The summed E-state index contributed by atoms with van der Waals surface area (Å²) < 4.78 is 25.9. The van der Waals surface area contributed by atoms with Gasteiger partial charge in [0.25, 0.3) is 0 Å². The highest BCUT2D eigenvalue weighted by atomic mass is 19.2. The number of phenolic OH excluding ortho intramolecular Hbond substituents is 1. The van der Waals surface area contributed by atoms with Gasteiger partial charge in [-0.15, -0.1) is 0 Å². The Balaban J connectivity index is 3.50. The average Bonchev–Trinajstić information content (AvgIpc) is 2.14. The zero-order valence-corrected chi connectivity index (χ0v) is 7.38. The van der Waals surface area contributed by atoms with Crippen LogP contribution in [-0.4, -0.2) is 5.11 Å². The van der Waals surface area contributed by atoms with Crippen molar-refractivity contribution in [2.45, 2.75) is 13.0 Å². The number of phenols is 1. The average molecular weight is 198 g/mol. The Morgan fingerprint density at radius 1 is 1.50 bits per heavy atom. The lowest BCUT2D eigenvalue weighted by Crippen LogP contribution is -2.07. The molecule has 14 heavy (non-hydrogen) atoms. The summed E-state index contributed by atoms with van der Waals surface area (Å²) in [6, 6.07) is 1.85. The Kier molecular flexibility index (Phi) is 2.68. The Morgan fingerprint density at radius 3 is 2.50 bits per heavy atom. The Bertz CT molecular complexity index is 410. The number of nitrogens with two attached hydrogens (primary N) is 1. The van der Waals surface area contributed by atoms with Crippen LogP contribution in [0.3, 0.4) is 0 Å². The molecule has 0 unspecified atom stereocenters. The van der Waals surface area contributed by atoms with Crippen LogP contribution in [-0.2, 0) is 0 Å². The van der Waals surface area contributed by atoms with Gasteiger partial charge in [0.15, 0.2) is 11.6 Å². The molecule has 0 heterocycles. The molecule has 0 spiro atoms. The van der Waals surface area contributed by atoms with Gasteiger partial charge in [-0.1, -0.05) is 0 Å². The fraction of sp³-hybridized carbons (Fsp3) is 0.222. The first-order valence-corrected chi connectivity index (χ1v) is 3.85. The number of hydrogen-bond donors (Lipinski definition) is 2. The smallest absolute Gasteiger partial charge is 0.202 e.